The highest BCUT2D eigenvalue weighted by Gasteiger charge is 2.15. The van der Waals surface area contributed by atoms with Crippen molar-refractivity contribution in [2.24, 2.45) is 0 Å². The molecule has 1 amide bonds. The minimum Gasteiger partial charge on any atom is -0.399 e. The Labute approximate surface area is 166 Å². The molecule has 4 aromatic rings. The number of amides is 1. The van der Waals surface area contributed by atoms with Crippen molar-refractivity contribution < 1.29 is 4.79 Å². The molecule has 0 unspecified atom stereocenters. The van der Waals surface area contributed by atoms with Gasteiger partial charge in [-0.1, -0.05) is 0 Å². The van der Waals surface area contributed by atoms with E-state index in [0.29, 0.717) is 22.9 Å². The molecule has 3 N–H and O–H groups in total. The van der Waals surface area contributed by atoms with Crippen molar-refractivity contribution in [3.05, 3.63) is 89.4 Å². The third-order valence-corrected chi connectivity index (χ3v) is 4.74. The topological polar surface area (TPSA) is 84.1 Å². The molecule has 2 heterocycles. The largest absolute Gasteiger partial charge is 0.399 e. The van der Waals surface area contributed by atoms with E-state index in [1.165, 1.54) is 0 Å². The quantitative estimate of drug-likeness (QED) is 0.479. The molecule has 0 aliphatic heterocycles. The van der Waals surface area contributed by atoms with Crippen molar-refractivity contribution in [2.45, 2.75) is 0 Å². The van der Waals surface area contributed by atoms with Gasteiger partial charge in [0.2, 0.25) is 5.95 Å². The lowest BCUT2D eigenvalue weighted by Crippen LogP contribution is -2.13. The predicted molar refractivity (Wildman–Crippen MR) is 113 cm³/mol. The Bertz CT molecular complexity index is 1050. The van der Waals surface area contributed by atoms with Crippen LogP contribution in [0.15, 0.2) is 83.8 Å². The van der Waals surface area contributed by atoms with Crippen LogP contribution in [0.3, 0.4) is 0 Å². The molecule has 0 fully saturated rings. The van der Waals surface area contributed by atoms with Gasteiger partial charge in [0.15, 0.2) is 0 Å². The van der Waals surface area contributed by atoms with E-state index in [1.54, 1.807) is 54.1 Å². The SMILES string of the molecule is Nc1ccc(C(=O)Nc2ccc(N(c3ccsc3)c3ncccn3)cc2)cc1. The van der Waals surface area contributed by atoms with E-state index in [0.717, 1.165) is 11.4 Å². The Morgan fingerprint density at radius 1 is 0.929 bits per heavy atom. The van der Waals surface area contributed by atoms with Gasteiger partial charge in [-0.2, -0.15) is 11.3 Å². The Hall–Kier alpha value is -3.71. The molecule has 2 aromatic carbocycles. The Morgan fingerprint density at radius 3 is 2.29 bits per heavy atom. The molecule has 28 heavy (non-hydrogen) atoms. The van der Waals surface area contributed by atoms with Gasteiger partial charge in [-0.05, 0) is 66.0 Å². The molecule has 0 radical (unpaired) electrons. The zero-order valence-electron chi connectivity index (χ0n) is 14.8. The van der Waals surface area contributed by atoms with Crippen molar-refractivity contribution in [3.8, 4) is 0 Å². The smallest absolute Gasteiger partial charge is 0.255 e. The molecule has 0 spiro atoms. The van der Waals surface area contributed by atoms with Gasteiger partial charge in [-0.15, -0.1) is 0 Å². The van der Waals surface area contributed by atoms with E-state index in [2.05, 4.69) is 15.3 Å². The number of hydrogen-bond acceptors (Lipinski definition) is 6. The highest BCUT2D eigenvalue weighted by atomic mass is 32.1. The number of rotatable bonds is 5. The van der Waals surface area contributed by atoms with Crippen LogP contribution in [0.1, 0.15) is 10.4 Å². The molecule has 0 atom stereocenters. The number of nitrogens with one attached hydrogen (secondary N) is 1. The normalized spacial score (nSPS) is 10.4. The van der Waals surface area contributed by atoms with E-state index in [9.17, 15) is 4.79 Å². The molecule has 0 aliphatic rings. The van der Waals surface area contributed by atoms with E-state index in [4.69, 9.17) is 5.73 Å². The summed E-state index contributed by atoms with van der Waals surface area (Å²) in [4.78, 5) is 23.1. The van der Waals surface area contributed by atoms with Crippen LogP contribution in [0, 0.1) is 0 Å². The summed E-state index contributed by atoms with van der Waals surface area (Å²) in [7, 11) is 0. The lowest BCUT2D eigenvalue weighted by atomic mass is 10.2. The summed E-state index contributed by atoms with van der Waals surface area (Å²) in [5.74, 6) is 0.397. The Balaban J connectivity index is 1.57. The minimum absolute atomic E-state index is 0.186. The maximum atomic E-state index is 12.4. The fourth-order valence-corrected chi connectivity index (χ4v) is 3.32. The molecule has 7 heteroatoms. The van der Waals surface area contributed by atoms with E-state index >= 15 is 0 Å². The monoisotopic (exact) mass is 387 g/mol. The molecular weight excluding hydrogens is 370 g/mol. The predicted octanol–water partition coefficient (Wildman–Crippen LogP) is 4.84. The number of carbonyl (C=O) groups is 1. The molecule has 0 bridgehead atoms. The fourth-order valence-electron chi connectivity index (χ4n) is 2.70. The molecular formula is C21H17N5OS. The third-order valence-electron chi connectivity index (χ3n) is 4.07. The van der Waals surface area contributed by atoms with Crippen LogP contribution in [-0.4, -0.2) is 15.9 Å². The Morgan fingerprint density at radius 2 is 1.64 bits per heavy atom. The molecule has 0 aliphatic carbocycles. The molecule has 0 saturated heterocycles. The van der Waals surface area contributed by atoms with Gasteiger partial charge in [-0.25, -0.2) is 9.97 Å². The second-order valence-corrected chi connectivity index (χ2v) is 6.77. The van der Waals surface area contributed by atoms with E-state index in [1.807, 2.05) is 46.0 Å². The maximum absolute atomic E-state index is 12.4. The zero-order valence-corrected chi connectivity index (χ0v) is 15.6. The average molecular weight is 387 g/mol. The van der Waals surface area contributed by atoms with Crippen molar-refractivity contribution in [3.63, 3.8) is 0 Å². The standard InChI is InChI=1S/C21H17N5OS/c22-16-4-2-15(3-5-16)20(27)25-17-6-8-18(9-7-17)26(19-10-13-28-14-19)21-23-11-1-12-24-21/h1-14H,22H2,(H,25,27). The van der Waals surface area contributed by atoms with Crippen LogP contribution in [0.2, 0.25) is 0 Å². The number of carbonyl (C=O) groups excluding carboxylic acids is 1. The van der Waals surface area contributed by atoms with Crippen LogP contribution in [-0.2, 0) is 0 Å². The number of benzene rings is 2. The van der Waals surface area contributed by atoms with Gasteiger partial charge in [0.1, 0.15) is 0 Å². The first-order chi connectivity index (χ1) is 13.7. The van der Waals surface area contributed by atoms with Crippen LogP contribution in [0.5, 0.6) is 0 Å². The lowest BCUT2D eigenvalue weighted by Gasteiger charge is -2.21. The van der Waals surface area contributed by atoms with Gasteiger partial charge in [0.25, 0.3) is 5.91 Å². The third kappa shape index (κ3) is 3.84. The van der Waals surface area contributed by atoms with Gasteiger partial charge < -0.3 is 11.1 Å². The molecule has 138 valence electrons. The van der Waals surface area contributed by atoms with E-state index < -0.39 is 0 Å². The number of aromatic nitrogens is 2. The number of nitrogens with zero attached hydrogens (tertiary/aromatic N) is 3. The van der Waals surface area contributed by atoms with Gasteiger partial charge in [-0.3, -0.25) is 9.69 Å². The second-order valence-electron chi connectivity index (χ2n) is 5.99. The number of thiophene rings is 1. The Kier molecular flexibility index (Phi) is 4.99. The molecule has 0 saturated carbocycles. The number of anilines is 5. The van der Waals surface area contributed by atoms with Crippen LogP contribution in [0.4, 0.5) is 28.7 Å². The first-order valence-corrected chi connectivity index (χ1v) is 9.51. The lowest BCUT2D eigenvalue weighted by molar-refractivity contribution is 0.102. The average Bonchev–Trinajstić information content (AvgIpc) is 3.25. The number of nitrogen functional groups attached to an aromatic ring is 1. The highest BCUT2D eigenvalue weighted by Crippen LogP contribution is 2.33. The molecule has 2 aromatic heterocycles. The van der Waals surface area contributed by atoms with Crippen LogP contribution >= 0.6 is 11.3 Å². The summed E-state index contributed by atoms with van der Waals surface area (Å²) >= 11 is 1.60. The fraction of sp³-hybridized carbons (Fsp3) is 0. The number of nitrogens with two attached hydrogens (primary N) is 1. The summed E-state index contributed by atoms with van der Waals surface area (Å²) in [6, 6.07) is 18.2. The number of hydrogen-bond donors (Lipinski definition) is 2. The first kappa shape index (κ1) is 17.7. The summed E-state index contributed by atoms with van der Waals surface area (Å²) in [5, 5.41) is 6.93. The van der Waals surface area contributed by atoms with E-state index in [-0.39, 0.29) is 5.91 Å². The first-order valence-electron chi connectivity index (χ1n) is 8.57. The van der Waals surface area contributed by atoms with Crippen molar-refractivity contribution in [1.82, 2.24) is 9.97 Å². The van der Waals surface area contributed by atoms with Crippen molar-refractivity contribution >= 4 is 45.9 Å². The van der Waals surface area contributed by atoms with Gasteiger partial charge in [0, 0.05) is 40.4 Å². The van der Waals surface area contributed by atoms with Crippen molar-refractivity contribution in [2.75, 3.05) is 16.0 Å². The summed E-state index contributed by atoms with van der Waals surface area (Å²) in [6.07, 6.45) is 3.42. The minimum atomic E-state index is -0.186. The maximum Gasteiger partial charge on any atom is 0.255 e. The highest BCUT2D eigenvalue weighted by molar-refractivity contribution is 7.08. The molecule has 6 nitrogen and oxygen atoms in total. The van der Waals surface area contributed by atoms with Crippen LogP contribution < -0.4 is 16.0 Å². The van der Waals surface area contributed by atoms with Gasteiger partial charge in [0.05, 0.1) is 5.69 Å². The van der Waals surface area contributed by atoms with Crippen molar-refractivity contribution in [1.29, 1.82) is 0 Å². The van der Waals surface area contributed by atoms with Gasteiger partial charge >= 0.3 is 0 Å². The second kappa shape index (κ2) is 7.89. The van der Waals surface area contributed by atoms with Crippen LogP contribution in [0.25, 0.3) is 0 Å². The molecule has 4 rings (SSSR count). The summed E-state index contributed by atoms with van der Waals surface area (Å²) in [5.41, 5.74) is 9.42. The summed E-state index contributed by atoms with van der Waals surface area (Å²) in [6.45, 7) is 0. The zero-order chi connectivity index (χ0) is 19.3. The summed E-state index contributed by atoms with van der Waals surface area (Å²) < 4.78 is 0.